The molecule has 118 valence electrons. The minimum atomic E-state index is -4.50. The van der Waals surface area contributed by atoms with Gasteiger partial charge in [-0.1, -0.05) is 17.7 Å². The lowest BCUT2D eigenvalue weighted by molar-refractivity contribution is -0.138. The van der Waals surface area contributed by atoms with Crippen LogP contribution in [0.4, 0.5) is 13.2 Å². The third-order valence-corrected chi connectivity index (χ3v) is 4.18. The lowest BCUT2D eigenvalue weighted by Gasteiger charge is -2.16. The molecular formula is C12H15F3N2O3S. The smallest absolute Gasteiger partial charge is 0.368 e. The summed E-state index contributed by atoms with van der Waals surface area (Å²) >= 11 is 0. The fraction of sp³-hybridized carbons (Fsp3) is 0.417. The van der Waals surface area contributed by atoms with E-state index >= 15 is 0 Å². The number of nitrogens with two attached hydrogens (primary N) is 1. The lowest BCUT2D eigenvalue weighted by Crippen LogP contribution is -2.44. The number of sulfonamides is 1. The van der Waals surface area contributed by atoms with Crippen LogP contribution in [0.25, 0.3) is 0 Å². The van der Waals surface area contributed by atoms with E-state index in [4.69, 9.17) is 5.73 Å². The number of hydrogen-bond donors (Lipinski definition) is 2. The van der Waals surface area contributed by atoms with Crippen molar-refractivity contribution >= 4 is 15.9 Å². The highest BCUT2D eigenvalue weighted by molar-refractivity contribution is 7.89. The Labute approximate surface area is 120 Å². The summed E-state index contributed by atoms with van der Waals surface area (Å²) in [5, 5.41) is 0. The number of carbonyl (C=O) groups is 1. The van der Waals surface area contributed by atoms with Gasteiger partial charge >= 0.3 is 6.18 Å². The predicted molar refractivity (Wildman–Crippen MR) is 69.8 cm³/mol. The molecule has 0 aromatic heterocycles. The molecule has 0 saturated heterocycles. The molecule has 9 heteroatoms. The predicted octanol–water partition coefficient (Wildman–Crippen LogP) is 1.47. The molecule has 0 aliphatic rings. The van der Waals surface area contributed by atoms with Crippen molar-refractivity contribution in [3.8, 4) is 0 Å². The van der Waals surface area contributed by atoms with Crippen molar-refractivity contribution in [2.45, 2.75) is 36.9 Å². The average molecular weight is 324 g/mol. The average Bonchev–Trinajstić information content (AvgIpc) is 2.33. The Morgan fingerprint density at radius 3 is 2.24 bits per heavy atom. The summed E-state index contributed by atoms with van der Waals surface area (Å²) in [6, 6.07) is 4.03. The Bertz CT molecular complexity index is 597. The molecule has 1 amide bonds. The van der Waals surface area contributed by atoms with E-state index in [1.54, 1.807) is 6.92 Å². The van der Waals surface area contributed by atoms with Gasteiger partial charge in [-0.2, -0.15) is 17.9 Å². The highest BCUT2D eigenvalue weighted by Crippen LogP contribution is 2.22. The van der Waals surface area contributed by atoms with Crippen LogP contribution in [0.1, 0.15) is 18.4 Å². The summed E-state index contributed by atoms with van der Waals surface area (Å²) < 4.78 is 62.3. The second kappa shape index (κ2) is 6.44. The Kier molecular flexibility index (Phi) is 5.35. The van der Waals surface area contributed by atoms with Gasteiger partial charge in [-0.05, 0) is 25.5 Å². The maximum atomic E-state index is 12.2. The minimum absolute atomic E-state index is 0.147. The van der Waals surface area contributed by atoms with Crippen molar-refractivity contribution in [3.05, 3.63) is 29.8 Å². The molecule has 21 heavy (non-hydrogen) atoms. The Morgan fingerprint density at radius 1 is 1.29 bits per heavy atom. The standard InChI is InChI=1S/C12H15F3N2O3S/c1-8-2-4-9(5-3-8)21(19,20)17-10(11(16)18)6-7-12(13,14)15/h2-5,10,17H,6-7H2,1H3,(H2,16,18)/t10-/m1/s1. The molecule has 0 unspecified atom stereocenters. The number of alkyl halides is 3. The van der Waals surface area contributed by atoms with Crippen molar-refractivity contribution in [1.29, 1.82) is 0 Å². The monoisotopic (exact) mass is 324 g/mol. The molecular weight excluding hydrogens is 309 g/mol. The molecule has 1 atom stereocenters. The molecule has 0 aliphatic carbocycles. The summed E-state index contributed by atoms with van der Waals surface area (Å²) in [4.78, 5) is 11.0. The number of carbonyl (C=O) groups excluding carboxylic acids is 1. The molecule has 0 fully saturated rings. The summed E-state index contributed by atoms with van der Waals surface area (Å²) in [6.07, 6.45) is -6.55. The highest BCUT2D eigenvalue weighted by atomic mass is 32.2. The van der Waals surface area contributed by atoms with Gasteiger partial charge in [0.2, 0.25) is 15.9 Å². The van der Waals surface area contributed by atoms with Gasteiger partial charge in [-0.3, -0.25) is 4.79 Å². The van der Waals surface area contributed by atoms with Crippen LogP contribution in [0, 0.1) is 6.92 Å². The zero-order valence-corrected chi connectivity index (χ0v) is 12.0. The SMILES string of the molecule is Cc1ccc(S(=O)(=O)N[C@H](CCC(F)(F)F)C(N)=O)cc1. The van der Waals surface area contributed by atoms with Crippen LogP contribution in [-0.2, 0) is 14.8 Å². The molecule has 0 spiro atoms. The first-order valence-corrected chi connectivity index (χ1v) is 7.45. The summed E-state index contributed by atoms with van der Waals surface area (Å²) in [5.41, 5.74) is 5.76. The van der Waals surface area contributed by atoms with E-state index < -0.39 is 41.0 Å². The van der Waals surface area contributed by atoms with E-state index in [1.165, 1.54) is 24.3 Å². The summed E-state index contributed by atoms with van der Waals surface area (Å²) in [6.45, 7) is 1.75. The number of hydrogen-bond acceptors (Lipinski definition) is 3. The Morgan fingerprint density at radius 2 is 1.81 bits per heavy atom. The topological polar surface area (TPSA) is 89.3 Å². The zero-order valence-electron chi connectivity index (χ0n) is 11.1. The van der Waals surface area contributed by atoms with Crippen molar-refractivity contribution in [1.82, 2.24) is 4.72 Å². The molecule has 1 aromatic rings. The first kappa shape index (κ1) is 17.4. The molecule has 0 aliphatic heterocycles. The van der Waals surface area contributed by atoms with Crippen molar-refractivity contribution < 1.29 is 26.4 Å². The molecule has 1 aromatic carbocycles. The highest BCUT2D eigenvalue weighted by Gasteiger charge is 2.31. The van der Waals surface area contributed by atoms with E-state index in [9.17, 15) is 26.4 Å². The minimum Gasteiger partial charge on any atom is -0.368 e. The van der Waals surface area contributed by atoms with Crippen molar-refractivity contribution in [2.75, 3.05) is 0 Å². The number of halogens is 3. The van der Waals surface area contributed by atoms with Crippen LogP contribution < -0.4 is 10.5 Å². The van der Waals surface area contributed by atoms with Crippen LogP contribution in [0.3, 0.4) is 0 Å². The number of aryl methyl sites for hydroxylation is 1. The molecule has 0 heterocycles. The van der Waals surface area contributed by atoms with Gasteiger partial charge in [-0.15, -0.1) is 0 Å². The molecule has 0 saturated carbocycles. The number of primary amides is 1. The first-order valence-electron chi connectivity index (χ1n) is 5.96. The first-order chi connectivity index (χ1) is 9.51. The van der Waals surface area contributed by atoms with E-state index in [0.29, 0.717) is 0 Å². The van der Waals surface area contributed by atoms with E-state index in [-0.39, 0.29) is 4.90 Å². The van der Waals surface area contributed by atoms with E-state index in [1.807, 2.05) is 4.72 Å². The van der Waals surface area contributed by atoms with Crippen LogP contribution >= 0.6 is 0 Å². The van der Waals surface area contributed by atoms with Gasteiger partial charge in [0.25, 0.3) is 0 Å². The van der Waals surface area contributed by atoms with Gasteiger partial charge in [0, 0.05) is 6.42 Å². The fourth-order valence-corrected chi connectivity index (χ4v) is 2.78. The molecule has 3 N–H and O–H groups in total. The Hall–Kier alpha value is -1.61. The number of benzene rings is 1. The van der Waals surface area contributed by atoms with Gasteiger partial charge in [0.05, 0.1) is 4.90 Å². The van der Waals surface area contributed by atoms with Crippen LogP contribution in [0.2, 0.25) is 0 Å². The maximum Gasteiger partial charge on any atom is 0.389 e. The Balaban J connectivity index is 2.87. The number of nitrogens with one attached hydrogen (secondary N) is 1. The summed E-state index contributed by atoms with van der Waals surface area (Å²) in [5.74, 6) is -1.16. The summed E-state index contributed by atoms with van der Waals surface area (Å²) in [7, 11) is -4.11. The number of amides is 1. The van der Waals surface area contributed by atoms with Gasteiger partial charge in [0.15, 0.2) is 0 Å². The normalized spacial score (nSPS) is 13.9. The fourth-order valence-electron chi connectivity index (χ4n) is 1.54. The lowest BCUT2D eigenvalue weighted by atomic mass is 10.1. The van der Waals surface area contributed by atoms with Crippen LogP contribution in [-0.4, -0.2) is 26.5 Å². The quantitative estimate of drug-likeness (QED) is 0.830. The molecule has 5 nitrogen and oxygen atoms in total. The third-order valence-electron chi connectivity index (χ3n) is 2.69. The van der Waals surface area contributed by atoms with E-state index in [2.05, 4.69) is 0 Å². The van der Waals surface area contributed by atoms with Crippen molar-refractivity contribution in [3.63, 3.8) is 0 Å². The molecule has 1 rings (SSSR count). The second-order valence-electron chi connectivity index (χ2n) is 4.54. The molecule has 0 bridgehead atoms. The van der Waals surface area contributed by atoms with Crippen LogP contribution in [0.15, 0.2) is 29.2 Å². The second-order valence-corrected chi connectivity index (χ2v) is 6.26. The number of rotatable bonds is 6. The van der Waals surface area contributed by atoms with Gasteiger partial charge < -0.3 is 5.73 Å². The zero-order chi connectivity index (χ0) is 16.3. The largest absolute Gasteiger partial charge is 0.389 e. The third kappa shape index (κ3) is 5.72. The maximum absolute atomic E-state index is 12.2. The van der Waals surface area contributed by atoms with E-state index in [0.717, 1.165) is 5.56 Å². The molecule has 0 radical (unpaired) electrons. The van der Waals surface area contributed by atoms with Crippen LogP contribution in [0.5, 0.6) is 0 Å². The van der Waals surface area contributed by atoms with Gasteiger partial charge in [-0.25, -0.2) is 8.42 Å². The van der Waals surface area contributed by atoms with Crippen molar-refractivity contribution in [2.24, 2.45) is 5.73 Å². The van der Waals surface area contributed by atoms with Gasteiger partial charge in [0.1, 0.15) is 6.04 Å².